The maximum absolute atomic E-state index is 2.33. The molecule has 0 atom stereocenters. The van der Waals surface area contributed by atoms with E-state index in [2.05, 4.69) is 42.9 Å². The second-order valence-corrected chi connectivity index (χ2v) is 8.28. The summed E-state index contributed by atoms with van der Waals surface area (Å²) in [4.78, 5) is 0. The van der Waals surface area contributed by atoms with E-state index in [1.54, 1.807) is 0 Å². The molecule has 0 aliphatic heterocycles. The Morgan fingerprint density at radius 1 is 0.615 bits per heavy atom. The molecule has 1 heteroatoms. The lowest BCUT2D eigenvalue weighted by Crippen LogP contribution is -2.32. The van der Waals surface area contributed by atoms with Crippen LogP contribution in [0.2, 0.25) is 0 Å². The van der Waals surface area contributed by atoms with E-state index in [0.717, 1.165) is 0 Å². The highest BCUT2D eigenvalue weighted by Gasteiger charge is 2.00. The standard InChI is InChI=1S/C25H46N/c1-3-4-5-6-7-8-9-10-11-12-13-14-15-16-17-18-19-22-26-23-20-21-25(2)24-26/h20-21,23-24H,3-19,22H2,1-2H3/q+1. The molecule has 0 unspecified atom stereocenters. The van der Waals surface area contributed by atoms with E-state index >= 15 is 0 Å². The lowest BCUT2D eigenvalue weighted by Gasteiger charge is -2.03. The summed E-state index contributed by atoms with van der Waals surface area (Å²) >= 11 is 0. The fourth-order valence-corrected chi connectivity index (χ4v) is 3.81. The van der Waals surface area contributed by atoms with Crippen LogP contribution in [0.3, 0.4) is 0 Å². The first-order valence-corrected chi connectivity index (χ1v) is 11.8. The van der Waals surface area contributed by atoms with Crippen LogP contribution in [0.1, 0.15) is 122 Å². The van der Waals surface area contributed by atoms with E-state index in [0.29, 0.717) is 0 Å². The molecule has 26 heavy (non-hydrogen) atoms. The first-order valence-electron chi connectivity index (χ1n) is 11.8. The highest BCUT2D eigenvalue weighted by atomic mass is 14.9. The molecule has 1 heterocycles. The van der Waals surface area contributed by atoms with Gasteiger partial charge in [0, 0.05) is 18.1 Å². The number of aromatic nitrogens is 1. The Hall–Kier alpha value is -0.850. The Bertz CT molecular complexity index is 412. The quantitative estimate of drug-likeness (QED) is 0.185. The molecule has 0 aliphatic rings. The summed E-state index contributed by atoms with van der Waals surface area (Å²) in [5, 5.41) is 0. The van der Waals surface area contributed by atoms with Gasteiger partial charge in [-0.25, -0.2) is 4.57 Å². The lowest BCUT2D eigenvalue weighted by atomic mass is 10.0. The summed E-state index contributed by atoms with van der Waals surface area (Å²) in [6, 6.07) is 4.33. The predicted octanol–water partition coefficient (Wildman–Crippen LogP) is 7.93. The molecule has 0 spiro atoms. The van der Waals surface area contributed by atoms with Crippen molar-refractivity contribution in [2.75, 3.05) is 0 Å². The van der Waals surface area contributed by atoms with Crippen molar-refractivity contribution in [3.8, 4) is 0 Å². The molecule has 1 rings (SSSR count). The van der Waals surface area contributed by atoms with Crippen LogP contribution in [0, 0.1) is 6.92 Å². The van der Waals surface area contributed by atoms with Crippen LogP contribution in [0.15, 0.2) is 24.5 Å². The Morgan fingerprint density at radius 3 is 1.46 bits per heavy atom. The van der Waals surface area contributed by atoms with Gasteiger partial charge in [-0.15, -0.1) is 0 Å². The molecule has 0 N–H and O–H groups in total. The largest absolute Gasteiger partial charge is 0.205 e. The number of aryl methyl sites for hydroxylation is 2. The van der Waals surface area contributed by atoms with Gasteiger partial charge in [-0.3, -0.25) is 0 Å². The molecule has 0 radical (unpaired) electrons. The highest BCUT2D eigenvalue weighted by molar-refractivity contribution is 5.01. The Morgan fingerprint density at radius 2 is 1.04 bits per heavy atom. The van der Waals surface area contributed by atoms with Crippen molar-refractivity contribution in [1.82, 2.24) is 0 Å². The van der Waals surface area contributed by atoms with Gasteiger partial charge in [0.15, 0.2) is 12.4 Å². The topological polar surface area (TPSA) is 3.88 Å². The molecule has 0 saturated carbocycles. The first kappa shape index (κ1) is 23.2. The average molecular weight is 361 g/mol. The summed E-state index contributed by atoms with van der Waals surface area (Å²) < 4.78 is 2.33. The summed E-state index contributed by atoms with van der Waals surface area (Å²) in [6.45, 7) is 5.65. The number of pyridine rings is 1. The number of hydrogen-bond acceptors (Lipinski definition) is 0. The molecule has 0 aliphatic carbocycles. The zero-order valence-electron chi connectivity index (χ0n) is 18.0. The fraction of sp³-hybridized carbons (Fsp3) is 0.800. The molecule has 1 aromatic rings. The van der Waals surface area contributed by atoms with Crippen LogP contribution in [0.4, 0.5) is 0 Å². The van der Waals surface area contributed by atoms with Crippen molar-refractivity contribution >= 4 is 0 Å². The molecule has 150 valence electrons. The third-order valence-electron chi connectivity index (χ3n) is 5.53. The molecule has 0 fully saturated rings. The van der Waals surface area contributed by atoms with Gasteiger partial charge < -0.3 is 0 Å². The van der Waals surface area contributed by atoms with Gasteiger partial charge >= 0.3 is 0 Å². The van der Waals surface area contributed by atoms with E-state index in [1.165, 1.54) is 121 Å². The maximum atomic E-state index is 2.33. The first-order chi connectivity index (χ1) is 12.8. The van der Waals surface area contributed by atoms with Crippen molar-refractivity contribution in [3.63, 3.8) is 0 Å². The average Bonchev–Trinajstić information content (AvgIpc) is 2.64. The fourth-order valence-electron chi connectivity index (χ4n) is 3.81. The van der Waals surface area contributed by atoms with Crippen molar-refractivity contribution in [3.05, 3.63) is 30.1 Å². The van der Waals surface area contributed by atoms with E-state index in [1.807, 2.05) is 0 Å². The van der Waals surface area contributed by atoms with Crippen LogP contribution in [0.25, 0.3) is 0 Å². The number of unbranched alkanes of at least 4 members (excludes halogenated alkanes) is 16. The van der Waals surface area contributed by atoms with Gasteiger partial charge in [-0.2, -0.15) is 0 Å². The minimum absolute atomic E-state index is 1.18. The minimum Gasteiger partial charge on any atom is -0.205 e. The van der Waals surface area contributed by atoms with Gasteiger partial charge in [0.1, 0.15) is 6.54 Å². The molecular weight excluding hydrogens is 314 g/mol. The van der Waals surface area contributed by atoms with Crippen molar-refractivity contribution in [2.45, 2.75) is 130 Å². The van der Waals surface area contributed by atoms with Crippen LogP contribution in [-0.2, 0) is 6.54 Å². The zero-order valence-corrected chi connectivity index (χ0v) is 18.0. The maximum Gasteiger partial charge on any atom is 0.171 e. The predicted molar refractivity (Wildman–Crippen MR) is 116 cm³/mol. The molecule has 0 bridgehead atoms. The number of nitrogens with zero attached hydrogens (tertiary/aromatic N) is 1. The molecule has 0 saturated heterocycles. The summed E-state index contributed by atoms with van der Waals surface area (Å²) in [5.74, 6) is 0. The Labute approximate surface area is 164 Å². The third kappa shape index (κ3) is 14.3. The second kappa shape index (κ2) is 17.6. The van der Waals surface area contributed by atoms with Crippen LogP contribution < -0.4 is 4.57 Å². The van der Waals surface area contributed by atoms with Gasteiger partial charge in [0.25, 0.3) is 0 Å². The van der Waals surface area contributed by atoms with Crippen LogP contribution in [0.5, 0.6) is 0 Å². The monoisotopic (exact) mass is 360 g/mol. The molecular formula is C25H46N+. The van der Waals surface area contributed by atoms with E-state index in [-0.39, 0.29) is 0 Å². The molecule has 0 aromatic carbocycles. The van der Waals surface area contributed by atoms with Crippen molar-refractivity contribution in [1.29, 1.82) is 0 Å². The van der Waals surface area contributed by atoms with Crippen molar-refractivity contribution < 1.29 is 4.57 Å². The van der Waals surface area contributed by atoms with Crippen LogP contribution >= 0.6 is 0 Å². The van der Waals surface area contributed by atoms with E-state index in [4.69, 9.17) is 0 Å². The van der Waals surface area contributed by atoms with Gasteiger partial charge in [0.05, 0.1) is 0 Å². The lowest BCUT2D eigenvalue weighted by molar-refractivity contribution is -0.697. The summed E-state index contributed by atoms with van der Waals surface area (Å²) in [6.07, 6.45) is 29.0. The minimum atomic E-state index is 1.18. The van der Waals surface area contributed by atoms with Gasteiger partial charge in [-0.1, -0.05) is 103 Å². The normalized spacial score (nSPS) is 11.2. The number of rotatable bonds is 18. The summed E-state index contributed by atoms with van der Waals surface area (Å²) in [7, 11) is 0. The Kier molecular flexibility index (Phi) is 15.7. The molecule has 1 aromatic heterocycles. The third-order valence-corrected chi connectivity index (χ3v) is 5.53. The van der Waals surface area contributed by atoms with E-state index < -0.39 is 0 Å². The van der Waals surface area contributed by atoms with Crippen LogP contribution in [-0.4, -0.2) is 0 Å². The summed E-state index contributed by atoms with van der Waals surface area (Å²) in [5.41, 5.74) is 1.36. The SMILES string of the molecule is CCCCCCCCCCCCCCCCCCC[n+]1cccc(C)c1. The van der Waals surface area contributed by atoms with Gasteiger partial charge in [0.2, 0.25) is 0 Å². The van der Waals surface area contributed by atoms with Gasteiger partial charge in [-0.05, 0) is 19.4 Å². The molecule has 1 nitrogen and oxygen atoms in total. The zero-order chi connectivity index (χ0) is 18.7. The smallest absolute Gasteiger partial charge is 0.171 e. The second-order valence-electron chi connectivity index (χ2n) is 8.28. The van der Waals surface area contributed by atoms with E-state index in [9.17, 15) is 0 Å². The highest BCUT2D eigenvalue weighted by Crippen LogP contribution is 2.14. The number of hydrogen-bond donors (Lipinski definition) is 0. The molecule has 0 amide bonds. The Balaban J connectivity index is 1.73. The van der Waals surface area contributed by atoms with Crippen molar-refractivity contribution in [2.24, 2.45) is 0 Å².